The Morgan fingerprint density at radius 3 is 2.94 bits per heavy atom. The summed E-state index contributed by atoms with van der Waals surface area (Å²) in [6.07, 6.45) is 0. The third-order valence-corrected chi connectivity index (χ3v) is 4.56. The van der Waals surface area contributed by atoms with Gasteiger partial charge in [-0.2, -0.15) is 0 Å². The van der Waals surface area contributed by atoms with Crippen LogP contribution in [-0.2, 0) is 0 Å². The summed E-state index contributed by atoms with van der Waals surface area (Å²) in [5.41, 5.74) is 8.04. The Kier molecular flexibility index (Phi) is 2.87. The van der Waals surface area contributed by atoms with E-state index in [1.165, 1.54) is 4.88 Å². The summed E-state index contributed by atoms with van der Waals surface area (Å²) < 4.78 is 3.11. The molecule has 92 valence electrons. The third kappa shape index (κ3) is 1.83. The summed E-state index contributed by atoms with van der Waals surface area (Å²) in [5.74, 6) is 0.559. The van der Waals surface area contributed by atoms with Crippen LogP contribution in [0.15, 0.2) is 40.2 Å². The first-order valence-electron chi connectivity index (χ1n) is 5.63. The molecule has 5 heteroatoms. The van der Waals surface area contributed by atoms with Crippen molar-refractivity contribution in [2.45, 2.75) is 13.0 Å². The number of anilines is 1. The molecule has 1 aromatic carbocycles. The number of hydrogen-bond donors (Lipinski definition) is 1. The van der Waals surface area contributed by atoms with Crippen molar-refractivity contribution >= 4 is 44.2 Å². The maximum atomic E-state index is 6.05. The van der Waals surface area contributed by atoms with Crippen LogP contribution in [0.4, 0.5) is 5.95 Å². The van der Waals surface area contributed by atoms with Gasteiger partial charge in [0.1, 0.15) is 0 Å². The predicted octanol–water partition coefficient (Wildman–Crippen LogP) is 4.05. The zero-order valence-corrected chi connectivity index (χ0v) is 12.2. The molecule has 2 N–H and O–H groups in total. The number of nitrogens with two attached hydrogens (primary N) is 1. The average Bonchev–Trinajstić information content (AvgIpc) is 2.94. The molecular weight excluding hydrogens is 310 g/mol. The Balaban J connectivity index is 2.22. The SMILES string of the molecule is CC(c1cccs1)n1c(N)nc2ccc(Br)cc21. The molecule has 0 aliphatic rings. The molecule has 3 nitrogen and oxygen atoms in total. The smallest absolute Gasteiger partial charge is 0.201 e. The highest BCUT2D eigenvalue weighted by Gasteiger charge is 2.16. The lowest BCUT2D eigenvalue weighted by Gasteiger charge is -2.14. The number of benzene rings is 1. The number of fused-ring (bicyclic) bond motifs is 1. The zero-order chi connectivity index (χ0) is 12.7. The Hall–Kier alpha value is -1.33. The predicted molar refractivity (Wildman–Crippen MR) is 80.0 cm³/mol. The molecule has 0 spiro atoms. The van der Waals surface area contributed by atoms with E-state index in [0.717, 1.165) is 15.5 Å². The molecule has 0 fully saturated rings. The van der Waals surface area contributed by atoms with E-state index >= 15 is 0 Å². The van der Waals surface area contributed by atoms with Crippen molar-refractivity contribution in [1.29, 1.82) is 0 Å². The lowest BCUT2D eigenvalue weighted by molar-refractivity contribution is 0.680. The Morgan fingerprint density at radius 2 is 2.22 bits per heavy atom. The van der Waals surface area contributed by atoms with Crippen molar-refractivity contribution in [2.24, 2.45) is 0 Å². The molecule has 3 rings (SSSR count). The first-order valence-corrected chi connectivity index (χ1v) is 7.30. The Morgan fingerprint density at radius 1 is 1.39 bits per heavy atom. The first-order chi connectivity index (χ1) is 8.66. The minimum Gasteiger partial charge on any atom is -0.369 e. The van der Waals surface area contributed by atoms with Gasteiger partial charge in [0, 0.05) is 9.35 Å². The second kappa shape index (κ2) is 4.40. The minimum absolute atomic E-state index is 0.198. The van der Waals surface area contributed by atoms with Crippen molar-refractivity contribution in [2.75, 3.05) is 5.73 Å². The number of nitrogen functional groups attached to an aromatic ring is 1. The van der Waals surface area contributed by atoms with Gasteiger partial charge in [0.25, 0.3) is 0 Å². The van der Waals surface area contributed by atoms with Crippen molar-refractivity contribution < 1.29 is 0 Å². The van der Waals surface area contributed by atoms with Crippen LogP contribution in [0.5, 0.6) is 0 Å². The number of hydrogen-bond acceptors (Lipinski definition) is 3. The normalized spacial score (nSPS) is 13.0. The fraction of sp³-hybridized carbons (Fsp3) is 0.154. The van der Waals surface area contributed by atoms with Gasteiger partial charge in [-0.25, -0.2) is 4.98 Å². The molecule has 1 unspecified atom stereocenters. The van der Waals surface area contributed by atoms with E-state index in [1.807, 2.05) is 12.1 Å². The van der Waals surface area contributed by atoms with E-state index in [1.54, 1.807) is 11.3 Å². The summed E-state index contributed by atoms with van der Waals surface area (Å²) in [6, 6.07) is 10.4. The second-order valence-corrected chi connectivity index (χ2v) is 6.06. The van der Waals surface area contributed by atoms with E-state index in [9.17, 15) is 0 Å². The topological polar surface area (TPSA) is 43.8 Å². The lowest BCUT2D eigenvalue weighted by Crippen LogP contribution is -2.08. The number of rotatable bonds is 2. The molecule has 0 aliphatic carbocycles. The average molecular weight is 322 g/mol. The highest BCUT2D eigenvalue weighted by Crippen LogP contribution is 2.30. The van der Waals surface area contributed by atoms with Gasteiger partial charge in [0.2, 0.25) is 5.95 Å². The lowest BCUT2D eigenvalue weighted by atomic mass is 10.2. The Bertz CT molecular complexity index is 688. The van der Waals surface area contributed by atoms with Crippen molar-refractivity contribution in [3.63, 3.8) is 0 Å². The number of imidazole rings is 1. The molecule has 0 saturated carbocycles. The van der Waals surface area contributed by atoms with Gasteiger partial charge in [-0.3, -0.25) is 0 Å². The molecule has 0 bridgehead atoms. The largest absolute Gasteiger partial charge is 0.369 e. The monoisotopic (exact) mass is 321 g/mol. The van der Waals surface area contributed by atoms with Crippen molar-refractivity contribution in [3.8, 4) is 0 Å². The van der Waals surface area contributed by atoms with E-state index < -0.39 is 0 Å². The first kappa shape index (κ1) is 11.7. The van der Waals surface area contributed by atoms with Crippen LogP contribution in [0.2, 0.25) is 0 Å². The molecule has 0 aliphatic heterocycles. The van der Waals surface area contributed by atoms with E-state index in [2.05, 4.69) is 56.0 Å². The van der Waals surface area contributed by atoms with Crippen molar-refractivity contribution in [1.82, 2.24) is 9.55 Å². The maximum absolute atomic E-state index is 6.05. The van der Waals surface area contributed by atoms with Crippen LogP contribution in [0, 0.1) is 0 Å². The fourth-order valence-electron chi connectivity index (χ4n) is 2.15. The second-order valence-electron chi connectivity index (χ2n) is 4.16. The van der Waals surface area contributed by atoms with Crippen LogP contribution in [0.3, 0.4) is 0 Å². The number of aromatic nitrogens is 2. The van der Waals surface area contributed by atoms with Gasteiger partial charge in [0.05, 0.1) is 17.1 Å². The fourth-order valence-corrected chi connectivity index (χ4v) is 3.27. The van der Waals surface area contributed by atoms with Crippen molar-refractivity contribution in [3.05, 3.63) is 45.1 Å². The molecule has 1 atom stereocenters. The zero-order valence-electron chi connectivity index (χ0n) is 9.80. The molecular formula is C13H12BrN3S. The molecule has 18 heavy (non-hydrogen) atoms. The minimum atomic E-state index is 0.198. The maximum Gasteiger partial charge on any atom is 0.201 e. The highest BCUT2D eigenvalue weighted by molar-refractivity contribution is 9.10. The van der Waals surface area contributed by atoms with Crippen LogP contribution < -0.4 is 5.73 Å². The molecule has 0 radical (unpaired) electrons. The molecule has 2 aromatic heterocycles. The molecule has 3 aromatic rings. The molecule has 0 saturated heterocycles. The van der Waals surface area contributed by atoms with E-state index in [0.29, 0.717) is 5.95 Å². The third-order valence-electron chi connectivity index (χ3n) is 3.02. The summed E-state index contributed by atoms with van der Waals surface area (Å²) in [7, 11) is 0. The van der Waals surface area contributed by atoms with Crippen LogP contribution >= 0.6 is 27.3 Å². The van der Waals surface area contributed by atoms with Crippen LogP contribution in [0.25, 0.3) is 11.0 Å². The summed E-state index contributed by atoms with van der Waals surface area (Å²) >= 11 is 5.23. The molecule has 0 amide bonds. The van der Waals surface area contributed by atoms with Crippen LogP contribution in [0.1, 0.15) is 17.8 Å². The number of nitrogens with zero attached hydrogens (tertiary/aromatic N) is 2. The quantitative estimate of drug-likeness (QED) is 0.773. The highest BCUT2D eigenvalue weighted by atomic mass is 79.9. The standard InChI is InChI=1S/C13H12BrN3S/c1-8(12-3-2-6-18-12)17-11-7-9(14)4-5-10(11)16-13(17)15/h2-8H,1H3,(H2,15,16). The number of halogens is 1. The van der Waals surface area contributed by atoms with E-state index in [-0.39, 0.29) is 6.04 Å². The van der Waals surface area contributed by atoms with Gasteiger partial charge in [-0.1, -0.05) is 22.0 Å². The molecule has 2 heterocycles. The van der Waals surface area contributed by atoms with Gasteiger partial charge >= 0.3 is 0 Å². The van der Waals surface area contributed by atoms with Crippen LogP contribution in [-0.4, -0.2) is 9.55 Å². The Labute approximate surface area is 117 Å². The van der Waals surface area contributed by atoms with E-state index in [4.69, 9.17) is 5.73 Å². The van der Waals surface area contributed by atoms with Gasteiger partial charge < -0.3 is 10.3 Å². The van der Waals surface area contributed by atoms with Gasteiger partial charge in [0.15, 0.2) is 0 Å². The van der Waals surface area contributed by atoms with Gasteiger partial charge in [-0.05, 0) is 36.6 Å². The summed E-state index contributed by atoms with van der Waals surface area (Å²) in [5, 5.41) is 2.08. The number of thiophene rings is 1. The summed E-state index contributed by atoms with van der Waals surface area (Å²) in [6.45, 7) is 2.14. The van der Waals surface area contributed by atoms with Gasteiger partial charge in [-0.15, -0.1) is 11.3 Å². The summed E-state index contributed by atoms with van der Waals surface area (Å²) in [4.78, 5) is 5.69.